The third kappa shape index (κ3) is 4.65. The Kier molecular flexibility index (Phi) is 4.93. The van der Waals surface area contributed by atoms with E-state index >= 15 is 0 Å². The van der Waals surface area contributed by atoms with Gasteiger partial charge in [0.25, 0.3) is 0 Å². The van der Waals surface area contributed by atoms with E-state index in [0.717, 1.165) is 17.0 Å². The molecular weight excluding hydrogens is 280 g/mol. The summed E-state index contributed by atoms with van der Waals surface area (Å²) in [6.07, 6.45) is 3.09. The molecule has 100 valence electrons. The first-order chi connectivity index (χ1) is 9.13. The van der Waals surface area contributed by atoms with E-state index in [2.05, 4.69) is 10.3 Å². The molecule has 0 saturated carbocycles. The monoisotopic (exact) mass is 294 g/mol. The summed E-state index contributed by atoms with van der Waals surface area (Å²) in [5.74, 6) is 0.0311. The average molecular weight is 295 g/mol. The maximum Gasteiger partial charge on any atom is 0.224 e. The molecule has 0 aliphatic heterocycles. The summed E-state index contributed by atoms with van der Waals surface area (Å²) in [5.41, 5.74) is 0.968. The topological polar surface area (TPSA) is 42.0 Å². The van der Waals surface area contributed by atoms with Gasteiger partial charge in [-0.15, -0.1) is 11.3 Å². The molecule has 0 atom stereocenters. The van der Waals surface area contributed by atoms with Crippen LogP contribution >= 0.6 is 22.9 Å². The van der Waals surface area contributed by atoms with E-state index < -0.39 is 0 Å². The fourth-order valence-electron chi connectivity index (χ4n) is 1.70. The van der Waals surface area contributed by atoms with Crippen LogP contribution in [0.5, 0.6) is 0 Å². The van der Waals surface area contributed by atoms with Crippen molar-refractivity contribution in [2.45, 2.75) is 19.8 Å². The van der Waals surface area contributed by atoms with Crippen LogP contribution in [0.2, 0.25) is 5.02 Å². The highest BCUT2D eigenvalue weighted by Crippen LogP contribution is 2.12. The standard InChI is InChI=1S/C14H15ClN2OS/c1-10-17-9-13(19-10)6-7-16-14(18)8-11-2-4-12(15)5-3-11/h2-5,9H,6-8H2,1H3,(H,16,18). The maximum absolute atomic E-state index is 11.7. The second-order valence-corrected chi connectivity index (χ2v) is 6.00. The summed E-state index contributed by atoms with van der Waals surface area (Å²) in [5, 5.41) is 4.65. The Bertz CT molecular complexity index is 551. The number of aromatic nitrogens is 1. The molecule has 0 bridgehead atoms. The molecule has 2 rings (SSSR count). The highest BCUT2D eigenvalue weighted by atomic mass is 35.5. The smallest absolute Gasteiger partial charge is 0.224 e. The van der Waals surface area contributed by atoms with Crippen LogP contribution in [-0.4, -0.2) is 17.4 Å². The van der Waals surface area contributed by atoms with Crippen molar-refractivity contribution in [2.24, 2.45) is 0 Å². The Morgan fingerprint density at radius 2 is 2.11 bits per heavy atom. The number of amides is 1. The molecule has 0 radical (unpaired) electrons. The average Bonchev–Trinajstić information content (AvgIpc) is 2.78. The van der Waals surface area contributed by atoms with Crippen molar-refractivity contribution >= 4 is 28.8 Å². The number of nitrogens with zero attached hydrogens (tertiary/aromatic N) is 1. The number of nitrogens with one attached hydrogen (secondary N) is 1. The van der Waals surface area contributed by atoms with E-state index in [1.807, 2.05) is 25.3 Å². The largest absolute Gasteiger partial charge is 0.355 e. The van der Waals surface area contributed by atoms with Gasteiger partial charge in [0.05, 0.1) is 11.4 Å². The molecule has 0 saturated heterocycles. The highest BCUT2D eigenvalue weighted by molar-refractivity contribution is 7.11. The summed E-state index contributed by atoms with van der Waals surface area (Å²) in [4.78, 5) is 17.1. The predicted molar refractivity (Wildman–Crippen MR) is 78.7 cm³/mol. The number of carbonyl (C=O) groups is 1. The van der Waals surface area contributed by atoms with Crippen molar-refractivity contribution in [1.82, 2.24) is 10.3 Å². The van der Waals surface area contributed by atoms with Crippen LogP contribution in [0.1, 0.15) is 15.4 Å². The van der Waals surface area contributed by atoms with Crippen molar-refractivity contribution in [1.29, 1.82) is 0 Å². The molecular formula is C14H15ClN2OS. The Morgan fingerprint density at radius 1 is 1.37 bits per heavy atom. The Morgan fingerprint density at radius 3 is 2.74 bits per heavy atom. The van der Waals surface area contributed by atoms with Gasteiger partial charge in [0.2, 0.25) is 5.91 Å². The molecule has 1 aromatic heterocycles. The molecule has 1 heterocycles. The number of halogens is 1. The maximum atomic E-state index is 11.7. The highest BCUT2D eigenvalue weighted by Gasteiger charge is 2.04. The summed E-state index contributed by atoms with van der Waals surface area (Å²) in [6.45, 7) is 2.63. The molecule has 1 amide bonds. The van der Waals surface area contributed by atoms with Crippen LogP contribution < -0.4 is 5.32 Å². The molecule has 1 N–H and O–H groups in total. The minimum absolute atomic E-state index is 0.0311. The van der Waals surface area contributed by atoms with Gasteiger partial charge in [-0.1, -0.05) is 23.7 Å². The Hall–Kier alpha value is -1.39. The van der Waals surface area contributed by atoms with Crippen molar-refractivity contribution in [3.63, 3.8) is 0 Å². The molecule has 0 spiro atoms. The number of benzene rings is 1. The lowest BCUT2D eigenvalue weighted by Gasteiger charge is -2.04. The van der Waals surface area contributed by atoms with Gasteiger partial charge in [0.15, 0.2) is 0 Å². The number of hydrogen-bond acceptors (Lipinski definition) is 3. The van der Waals surface area contributed by atoms with E-state index in [1.165, 1.54) is 4.88 Å². The normalized spacial score (nSPS) is 10.4. The van der Waals surface area contributed by atoms with Crippen LogP contribution in [0.15, 0.2) is 30.5 Å². The van der Waals surface area contributed by atoms with E-state index in [0.29, 0.717) is 18.0 Å². The Labute approximate surface area is 121 Å². The van der Waals surface area contributed by atoms with Gasteiger partial charge < -0.3 is 5.32 Å². The molecule has 0 fully saturated rings. The van der Waals surface area contributed by atoms with Gasteiger partial charge >= 0.3 is 0 Å². The summed E-state index contributed by atoms with van der Waals surface area (Å²) >= 11 is 7.46. The fourth-order valence-corrected chi connectivity index (χ4v) is 2.62. The minimum Gasteiger partial charge on any atom is -0.355 e. The quantitative estimate of drug-likeness (QED) is 0.921. The second kappa shape index (κ2) is 6.68. The van der Waals surface area contributed by atoms with E-state index in [-0.39, 0.29) is 5.91 Å². The third-order valence-electron chi connectivity index (χ3n) is 2.64. The van der Waals surface area contributed by atoms with Crippen molar-refractivity contribution < 1.29 is 4.79 Å². The molecule has 0 unspecified atom stereocenters. The SMILES string of the molecule is Cc1ncc(CCNC(=O)Cc2ccc(Cl)cc2)s1. The molecule has 1 aromatic carbocycles. The van der Waals surface area contributed by atoms with Gasteiger partial charge in [-0.2, -0.15) is 0 Å². The first-order valence-electron chi connectivity index (χ1n) is 6.06. The van der Waals surface area contributed by atoms with E-state index in [1.54, 1.807) is 23.5 Å². The Balaban J connectivity index is 1.74. The number of rotatable bonds is 5. The van der Waals surface area contributed by atoms with Gasteiger partial charge in [-0.25, -0.2) is 4.98 Å². The fraction of sp³-hybridized carbons (Fsp3) is 0.286. The van der Waals surface area contributed by atoms with E-state index in [9.17, 15) is 4.79 Å². The number of aryl methyl sites for hydroxylation is 1. The molecule has 5 heteroatoms. The van der Waals surface area contributed by atoms with Crippen molar-refractivity contribution in [3.05, 3.63) is 50.9 Å². The van der Waals surface area contributed by atoms with Gasteiger partial charge in [0, 0.05) is 29.1 Å². The van der Waals surface area contributed by atoms with Crippen LogP contribution in [-0.2, 0) is 17.6 Å². The zero-order valence-corrected chi connectivity index (χ0v) is 12.2. The summed E-state index contributed by atoms with van der Waals surface area (Å²) in [7, 11) is 0. The van der Waals surface area contributed by atoms with Crippen LogP contribution in [0.25, 0.3) is 0 Å². The van der Waals surface area contributed by atoms with Crippen LogP contribution in [0, 0.1) is 6.92 Å². The lowest BCUT2D eigenvalue weighted by Crippen LogP contribution is -2.27. The lowest BCUT2D eigenvalue weighted by molar-refractivity contribution is -0.120. The van der Waals surface area contributed by atoms with Crippen molar-refractivity contribution in [2.75, 3.05) is 6.54 Å². The van der Waals surface area contributed by atoms with Crippen LogP contribution in [0.4, 0.5) is 0 Å². The third-order valence-corrected chi connectivity index (χ3v) is 3.87. The second-order valence-electron chi connectivity index (χ2n) is 4.25. The molecule has 0 aliphatic rings. The van der Waals surface area contributed by atoms with Gasteiger partial charge in [0.1, 0.15) is 0 Å². The summed E-state index contributed by atoms with van der Waals surface area (Å²) < 4.78 is 0. The number of carbonyl (C=O) groups excluding carboxylic acids is 1. The zero-order chi connectivity index (χ0) is 13.7. The predicted octanol–water partition coefficient (Wildman–Crippen LogP) is 3.01. The zero-order valence-electron chi connectivity index (χ0n) is 10.6. The first kappa shape index (κ1) is 14.0. The lowest BCUT2D eigenvalue weighted by atomic mass is 10.1. The molecule has 3 nitrogen and oxygen atoms in total. The van der Waals surface area contributed by atoms with Crippen molar-refractivity contribution in [3.8, 4) is 0 Å². The molecule has 2 aromatic rings. The first-order valence-corrected chi connectivity index (χ1v) is 7.25. The van der Waals surface area contributed by atoms with E-state index in [4.69, 9.17) is 11.6 Å². The van der Waals surface area contributed by atoms with Gasteiger partial charge in [-0.05, 0) is 24.6 Å². The van der Waals surface area contributed by atoms with Crippen LogP contribution in [0.3, 0.4) is 0 Å². The summed E-state index contributed by atoms with van der Waals surface area (Å²) in [6, 6.07) is 7.33. The van der Waals surface area contributed by atoms with Gasteiger partial charge in [-0.3, -0.25) is 4.79 Å². The number of thiazole rings is 1. The molecule has 0 aliphatic carbocycles. The number of hydrogen-bond donors (Lipinski definition) is 1. The molecule has 19 heavy (non-hydrogen) atoms. The minimum atomic E-state index is 0.0311.